The Morgan fingerprint density at radius 1 is 0.686 bits per heavy atom. The van der Waals surface area contributed by atoms with Gasteiger partial charge in [0, 0.05) is 18.4 Å². The largest absolute Gasteiger partial charge is 0.374 e. The van der Waals surface area contributed by atoms with Crippen LogP contribution in [0.5, 0.6) is 0 Å². The summed E-state index contributed by atoms with van der Waals surface area (Å²) in [5.41, 5.74) is 3.33. The van der Waals surface area contributed by atoms with Crippen LogP contribution < -0.4 is 0 Å². The van der Waals surface area contributed by atoms with Crippen molar-refractivity contribution in [2.45, 2.75) is 44.4 Å². The van der Waals surface area contributed by atoms with Gasteiger partial charge in [0.15, 0.2) is 6.29 Å². The third kappa shape index (κ3) is 7.46. The van der Waals surface area contributed by atoms with E-state index in [9.17, 15) is 0 Å². The predicted octanol–water partition coefficient (Wildman–Crippen LogP) is 5.76. The SMILES string of the molecule is CO[C@H]1O[C@H](COCc2ccccc2)[C@@H](OCc2ccccc2)[C@H](OCc2ccccc2)[C@@H]1CBr. The molecule has 0 bridgehead atoms. The Kier molecular flexibility index (Phi) is 10.3. The maximum absolute atomic E-state index is 6.53. The summed E-state index contributed by atoms with van der Waals surface area (Å²) in [6.45, 7) is 1.81. The van der Waals surface area contributed by atoms with Gasteiger partial charge in [-0.05, 0) is 16.7 Å². The number of methoxy groups -OCH3 is 1. The number of benzene rings is 3. The Morgan fingerprint density at radius 3 is 1.66 bits per heavy atom. The van der Waals surface area contributed by atoms with Gasteiger partial charge in [-0.3, -0.25) is 0 Å². The van der Waals surface area contributed by atoms with Crippen LogP contribution in [0.15, 0.2) is 91.0 Å². The van der Waals surface area contributed by atoms with Crippen molar-refractivity contribution in [3.8, 4) is 0 Å². The average Bonchev–Trinajstić information content (AvgIpc) is 2.92. The van der Waals surface area contributed by atoms with Crippen LogP contribution in [0.25, 0.3) is 0 Å². The summed E-state index contributed by atoms with van der Waals surface area (Å²) in [6, 6.07) is 30.5. The standard InChI is InChI=1S/C29H33BrO5/c1-31-29-25(17-30)27(33-19-23-13-7-3-8-14-23)28(34-20-24-15-9-4-10-16-24)26(35-29)21-32-18-22-11-5-2-6-12-22/h2-16,25-29H,17-21H2,1H3/t25-,26+,27+,28+,29-/m0/s1. The molecule has 35 heavy (non-hydrogen) atoms. The van der Waals surface area contributed by atoms with Gasteiger partial charge in [-0.15, -0.1) is 0 Å². The molecule has 3 aromatic carbocycles. The van der Waals surface area contributed by atoms with Gasteiger partial charge in [0.1, 0.15) is 12.2 Å². The van der Waals surface area contributed by atoms with E-state index >= 15 is 0 Å². The molecule has 0 radical (unpaired) electrons. The van der Waals surface area contributed by atoms with Crippen molar-refractivity contribution in [2.24, 2.45) is 5.92 Å². The number of alkyl halides is 1. The van der Waals surface area contributed by atoms with Gasteiger partial charge in [-0.2, -0.15) is 0 Å². The summed E-state index contributed by atoms with van der Waals surface area (Å²) in [4.78, 5) is 0. The number of hydrogen-bond donors (Lipinski definition) is 0. The molecule has 0 saturated carbocycles. The monoisotopic (exact) mass is 540 g/mol. The summed E-state index contributed by atoms with van der Waals surface area (Å²) in [7, 11) is 1.67. The van der Waals surface area contributed by atoms with E-state index in [-0.39, 0.29) is 24.2 Å². The highest BCUT2D eigenvalue weighted by Crippen LogP contribution is 2.33. The van der Waals surface area contributed by atoms with Gasteiger partial charge in [-0.1, -0.05) is 107 Å². The molecule has 4 rings (SSSR count). The molecule has 0 aromatic heterocycles. The summed E-state index contributed by atoms with van der Waals surface area (Å²) >= 11 is 3.66. The van der Waals surface area contributed by atoms with Crippen molar-refractivity contribution >= 4 is 15.9 Å². The fourth-order valence-corrected chi connectivity index (χ4v) is 4.98. The van der Waals surface area contributed by atoms with E-state index in [1.807, 2.05) is 54.6 Å². The van der Waals surface area contributed by atoms with Crippen LogP contribution in [0.3, 0.4) is 0 Å². The Balaban J connectivity index is 1.51. The quantitative estimate of drug-likeness (QED) is 0.273. The lowest BCUT2D eigenvalue weighted by molar-refractivity contribution is -0.295. The molecule has 186 valence electrons. The predicted molar refractivity (Wildman–Crippen MR) is 139 cm³/mol. The van der Waals surface area contributed by atoms with Crippen LogP contribution in [0, 0.1) is 5.92 Å². The van der Waals surface area contributed by atoms with Gasteiger partial charge in [0.25, 0.3) is 0 Å². The van der Waals surface area contributed by atoms with Crippen molar-refractivity contribution in [1.82, 2.24) is 0 Å². The maximum atomic E-state index is 6.53. The highest BCUT2D eigenvalue weighted by atomic mass is 79.9. The molecule has 3 aromatic rings. The van der Waals surface area contributed by atoms with Crippen LogP contribution in [0.1, 0.15) is 16.7 Å². The third-order valence-corrected chi connectivity index (χ3v) is 6.89. The minimum atomic E-state index is -0.433. The van der Waals surface area contributed by atoms with Gasteiger partial charge < -0.3 is 23.7 Å². The minimum Gasteiger partial charge on any atom is -0.374 e. The van der Waals surface area contributed by atoms with E-state index in [4.69, 9.17) is 23.7 Å². The average molecular weight is 541 g/mol. The van der Waals surface area contributed by atoms with E-state index < -0.39 is 6.29 Å². The molecule has 0 spiro atoms. The highest BCUT2D eigenvalue weighted by Gasteiger charge is 2.47. The Morgan fingerprint density at radius 2 is 1.17 bits per heavy atom. The molecule has 1 heterocycles. The van der Waals surface area contributed by atoms with Crippen LogP contribution in [-0.2, 0) is 43.5 Å². The first-order valence-electron chi connectivity index (χ1n) is 12.0. The molecule has 0 amide bonds. The minimum absolute atomic E-state index is 0.0464. The van der Waals surface area contributed by atoms with Crippen LogP contribution in [0.4, 0.5) is 0 Å². The highest BCUT2D eigenvalue weighted by molar-refractivity contribution is 9.09. The van der Waals surface area contributed by atoms with Crippen LogP contribution in [-0.4, -0.2) is 43.6 Å². The van der Waals surface area contributed by atoms with Gasteiger partial charge in [0.05, 0.1) is 32.5 Å². The smallest absolute Gasteiger partial charge is 0.163 e. The van der Waals surface area contributed by atoms with Crippen molar-refractivity contribution in [1.29, 1.82) is 0 Å². The fourth-order valence-electron chi connectivity index (χ4n) is 4.31. The van der Waals surface area contributed by atoms with Gasteiger partial charge in [0.2, 0.25) is 0 Å². The maximum Gasteiger partial charge on any atom is 0.163 e. The van der Waals surface area contributed by atoms with E-state index in [2.05, 4.69) is 52.3 Å². The van der Waals surface area contributed by atoms with E-state index in [0.717, 1.165) is 16.7 Å². The fraction of sp³-hybridized carbons (Fsp3) is 0.379. The van der Waals surface area contributed by atoms with Crippen molar-refractivity contribution in [3.05, 3.63) is 108 Å². The van der Waals surface area contributed by atoms with Gasteiger partial charge in [-0.25, -0.2) is 0 Å². The van der Waals surface area contributed by atoms with E-state index in [0.29, 0.717) is 31.8 Å². The molecule has 1 aliphatic rings. The lowest BCUT2D eigenvalue weighted by atomic mass is 9.91. The second-order valence-electron chi connectivity index (χ2n) is 8.62. The van der Waals surface area contributed by atoms with Crippen molar-refractivity contribution in [2.75, 3.05) is 19.0 Å². The third-order valence-electron chi connectivity index (χ3n) is 6.15. The Bertz CT molecular complexity index is 972. The number of rotatable bonds is 12. The van der Waals surface area contributed by atoms with Gasteiger partial charge >= 0.3 is 0 Å². The summed E-state index contributed by atoms with van der Waals surface area (Å²) in [5, 5.41) is 0.660. The lowest BCUT2D eigenvalue weighted by Gasteiger charge is -2.45. The molecule has 1 aliphatic heterocycles. The molecule has 5 atom stereocenters. The molecule has 0 unspecified atom stereocenters. The summed E-state index contributed by atoms with van der Waals surface area (Å²) < 4.78 is 31.2. The number of hydrogen-bond acceptors (Lipinski definition) is 5. The Hall–Kier alpha value is -2.06. The van der Waals surface area contributed by atoms with E-state index in [1.165, 1.54) is 0 Å². The zero-order chi connectivity index (χ0) is 24.3. The molecule has 1 fully saturated rings. The molecular weight excluding hydrogens is 508 g/mol. The van der Waals surface area contributed by atoms with Crippen LogP contribution in [0.2, 0.25) is 0 Å². The molecule has 0 aliphatic carbocycles. The molecule has 1 saturated heterocycles. The number of halogens is 1. The first kappa shape index (κ1) is 26.0. The van der Waals surface area contributed by atoms with Crippen molar-refractivity contribution < 1.29 is 23.7 Å². The zero-order valence-corrected chi connectivity index (χ0v) is 21.6. The molecule has 0 N–H and O–H groups in total. The zero-order valence-electron chi connectivity index (χ0n) is 20.0. The first-order chi connectivity index (χ1) is 17.3. The summed E-state index contributed by atoms with van der Waals surface area (Å²) in [6.07, 6.45) is -1.36. The van der Waals surface area contributed by atoms with Crippen molar-refractivity contribution in [3.63, 3.8) is 0 Å². The first-order valence-corrected chi connectivity index (χ1v) is 13.1. The van der Waals surface area contributed by atoms with Crippen LogP contribution >= 0.6 is 15.9 Å². The normalized spacial score (nSPS) is 24.3. The Labute approximate surface area is 216 Å². The molecule has 5 nitrogen and oxygen atoms in total. The van der Waals surface area contributed by atoms with E-state index in [1.54, 1.807) is 7.11 Å². The second kappa shape index (κ2) is 13.9. The molecule has 6 heteroatoms. The summed E-state index contributed by atoms with van der Waals surface area (Å²) in [5.74, 6) is -0.0464. The topological polar surface area (TPSA) is 46.2 Å². The lowest BCUT2D eigenvalue weighted by Crippen LogP contribution is -2.58. The second-order valence-corrected chi connectivity index (χ2v) is 9.27. The number of ether oxygens (including phenoxy) is 5. The molecular formula is C29H33BrO5.